The van der Waals surface area contributed by atoms with Crippen molar-refractivity contribution in [2.45, 2.75) is 32.3 Å². The number of carbonyl (C=O) groups excluding carboxylic acids is 2. The monoisotopic (exact) mass is 476 g/mol. The first kappa shape index (κ1) is 26.0. The summed E-state index contributed by atoms with van der Waals surface area (Å²) in [7, 11) is 1.50. The Hall–Kier alpha value is -3.64. The molecule has 6 nitrogen and oxygen atoms in total. The van der Waals surface area contributed by atoms with Crippen LogP contribution in [0.5, 0.6) is 11.5 Å². The Morgan fingerprint density at radius 2 is 1.29 bits per heavy atom. The summed E-state index contributed by atoms with van der Waals surface area (Å²) in [6.07, 6.45) is 1.54. The van der Waals surface area contributed by atoms with Gasteiger partial charge >= 0.3 is 5.97 Å². The molecule has 1 atom stereocenters. The highest BCUT2D eigenvalue weighted by atomic mass is 16.6. The normalized spacial score (nSPS) is 11.5. The molecule has 0 aromatic heterocycles. The maximum atomic E-state index is 12.5. The van der Waals surface area contributed by atoms with Crippen molar-refractivity contribution in [3.8, 4) is 11.5 Å². The van der Waals surface area contributed by atoms with Gasteiger partial charge in [0.15, 0.2) is 11.9 Å². The summed E-state index contributed by atoms with van der Waals surface area (Å²) in [5.74, 6) is 1.16. The molecule has 0 aliphatic carbocycles. The molecule has 3 aromatic carbocycles. The molecule has 0 saturated carbocycles. The Kier molecular flexibility index (Phi) is 10.3. The SMILES string of the molecule is CCOC(=O)C(Cc1ccc(OCCCCOc2ccc(C(=O)c3ccccc3)cc2)cc1)OC. The molecule has 3 rings (SSSR count). The molecule has 0 aliphatic rings. The molecule has 184 valence electrons. The maximum Gasteiger partial charge on any atom is 0.335 e. The standard InChI is InChI=1S/C29H32O6/c1-3-33-29(31)27(32-2)21-22-11-15-25(16-12-22)34-19-7-8-20-35-26-17-13-24(14-18-26)28(30)23-9-5-4-6-10-23/h4-6,9-18,27H,3,7-8,19-21H2,1-2H3. The molecular weight excluding hydrogens is 444 g/mol. The number of hydrogen-bond donors (Lipinski definition) is 0. The second kappa shape index (κ2) is 13.9. The van der Waals surface area contributed by atoms with Crippen LogP contribution >= 0.6 is 0 Å². The first-order valence-corrected chi connectivity index (χ1v) is 11.8. The Morgan fingerprint density at radius 1 is 0.743 bits per heavy atom. The van der Waals surface area contributed by atoms with Crippen LogP contribution in [0.4, 0.5) is 0 Å². The van der Waals surface area contributed by atoms with Crippen molar-refractivity contribution in [3.63, 3.8) is 0 Å². The van der Waals surface area contributed by atoms with Gasteiger partial charge in [-0.1, -0.05) is 42.5 Å². The summed E-state index contributed by atoms with van der Waals surface area (Å²) in [6.45, 7) is 3.26. The second-order valence-corrected chi connectivity index (χ2v) is 7.95. The van der Waals surface area contributed by atoms with Gasteiger partial charge in [-0.25, -0.2) is 4.79 Å². The molecule has 0 radical (unpaired) electrons. The Balaban J connectivity index is 1.33. The molecule has 0 bridgehead atoms. The van der Waals surface area contributed by atoms with E-state index in [4.69, 9.17) is 18.9 Å². The topological polar surface area (TPSA) is 71.1 Å². The van der Waals surface area contributed by atoms with E-state index in [1.807, 2.05) is 66.7 Å². The van der Waals surface area contributed by atoms with E-state index in [0.717, 1.165) is 29.9 Å². The van der Waals surface area contributed by atoms with E-state index in [1.54, 1.807) is 19.1 Å². The van der Waals surface area contributed by atoms with Gasteiger partial charge in [-0.3, -0.25) is 4.79 Å². The van der Waals surface area contributed by atoms with Gasteiger partial charge in [0.05, 0.1) is 19.8 Å². The molecule has 35 heavy (non-hydrogen) atoms. The number of methoxy groups -OCH3 is 1. The van der Waals surface area contributed by atoms with Crippen molar-refractivity contribution < 1.29 is 28.5 Å². The lowest BCUT2D eigenvalue weighted by atomic mass is 10.0. The average molecular weight is 477 g/mol. The first-order chi connectivity index (χ1) is 17.1. The fraction of sp³-hybridized carbons (Fsp3) is 0.310. The molecular formula is C29H32O6. The van der Waals surface area contributed by atoms with Crippen molar-refractivity contribution in [1.82, 2.24) is 0 Å². The zero-order valence-electron chi connectivity index (χ0n) is 20.3. The Bertz CT molecular complexity index is 1040. The lowest BCUT2D eigenvalue weighted by Crippen LogP contribution is -2.27. The van der Waals surface area contributed by atoms with Crippen molar-refractivity contribution in [2.75, 3.05) is 26.9 Å². The molecule has 0 aliphatic heterocycles. The van der Waals surface area contributed by atoms with Gasteiger partial charge in [0, 0.05) is 24.7 Å². The molecule has 0 spiro atoms. The highest BCUT2D eigenvalue weighted by Crippen LogP contribution is 2.17. The zero-order valence-corrected chi connectivity index (χ0v) is 20.3. The third-order valence-corrected chi connectivity index (χ3v) is 5.41. The Morgan fingerprint density at radius 3 is 1.83 bits per heavy atom. The molecule has 3 aromatic rings. The van der Waals surface area contributed by atoms with Gasteiger partial charge in [-0.05, 0) is 61.7 Å². The van der Waals surface area contributed by atoms with Crippen LogP contribution in [0.3, 0.4) is 0 Å². The van der Waals surface area contributed by atoms with Crippen LogP contribution in [0, 0.1) is 0 Å². The van der Waals surface area contributed by atoms with Gasteiger partial charge in [-0.2, -0.15) is 0 Å². The maximum absolute atomic E-state index is 12.5. The van der Waals surface area contributed by atoms with E-state index in [-0.39, 0.29) is 11.8 Å². The molecule has 0 saturated heterocycles. The van der Waals surface area contributed by atoms with Crippen LogP contribution in [0.2, 0.25) is 0 Å². The number of ether oxygens (including phenoxy) is 4. The zero-order chi connectivity index (χ0) is 24.9. The molecule has 0 N–H and O–H groups in total. The Labute approximate surface area is 206 Å². The minimum absolute atomic E-state index is 0.000144. The lowest BCUT2D eigenvalue weighted by molar-refractivity contribution is -0.154. The number of ketones is 1. The fourth-order valence-electron chi connectivity index (χ4n) is 3.48. The number of rotatable bonds is 14. The van der Waals surface area contributed by atoms with Crippen molar-refractivity contribution in [2.24, 2.45) is 0 Å². The summed E-state index contributed by atoms with van der Waals surface area (Å²) in [5.41, 5.74) is 2.29. The highest BCUT2D eigenvalue weighted by molar-refractivity contribution is 6.08. The molecule has 6 heteroatoms. The number of unbranched alkanes of at least 4 members (excludes halogenated alkanes) is 1. The fourth-order valence-corrected chi connectivity index (χ4v) is 3.48. The first-order valence-electron chi connectivity index (χ1n) is 11.8. The summed E-state index contributed by atoms with van der Waals surface area (Å²) in [5, 5.41) is 0. The van der Waals surface area contributed by atoms with Gasteiger partial charge < -0.3 is 18.9 Å². The summed E-state index contributed by atoms with van der Waals surface area (Å²) in [4.78, 5) is 24.3. The van der Waals surface area contributed by atoms with Gasteiger partial charge in [0.2, 0.25) is 0 Å². The van der Waals surface area contributed by atoms with Crippen LogP contribution in [-0.4, -0.2) is 44.8 Å². The van der Waals surface area contributed by atoms with E-state index >= 15 is 0 Å². The lowest BCUT2D eigenvalue weighted by Gasteiger charge is -2.14. The van der Waals surface area contributed by atoms with E-state index in [2.05, 4.69) is 0 Å². The van der Waals surface area contributed by atoms with Gasteiger partial charge in [0.25, 0.3) is 0 Å². The summed E-state index contributed by atoms with van der Waals surface area (Å²) < 4.78 is 21.8. The van der Waals surface area contributed by atoms with E-state index in [9.17, 15) is 9.59 Å². The van der Waals surface area contributed by atoms with Gasteiger partial charge in [-0.15, -0.1) is 0 Å². The minimum atomic E-state index is -0.609. The molecule has 0 heterocycles. The predicted octanol–water partition coefficient (Wildman–Crippen LogP) is 5.28. The minimum Gasteiger partial charge on any atom is -0.494 e. The van der Waals surface area contributed by atoms with Crippen molar-refractivity contribution in [1.29, 1.82) is 0 Å². The van der Waals surface area contributed by atoms with E-state index in [0.29, 0.717) is 37.4 Å². The molecule has 0 amide bonds. The summed E-state index contributed by atoms with van der Waals surface area (Å²) >= 11 is 0. The number of esters is 1. The average Bonchev–Trinajstić information content (AvgIpc) is 2.90. The van der Waals surface area contributed by atoms with Crippen LogP contribution < -0.4 is 9.47 Å². The largest absolute Gasteiger partial charge is 0.494 e. The smallest absolute Gasteiger partial charge is 0.335 e. The van der Waals surface area contributed by atoms with Crippen LogP contribution in [0.25, 0.3) is 0 Å². The predicted molar refractivity (Wildman–Crippen MR) is 134 cm³/mol. The number of carbonyl (C=O) groups is 2. The van der Waals surface area contributed by atoms with Crippen molar-refractivity contribution >= 4 is 11.8 Å². The molecule has 0 fully saturated rings. The summed E-state index contributed by atoms with van der Waals surface area (Å²) in [6, 6.07) is 24.1. The second-order valence-electron chi connectivity index (χ2n) is 7.95. The van der Waals surface area contributed by atoms with Crippen molar-refractivity contribution in [3.05, 3.63) is 95.6 Å². The third kappa shape index (κ3) is 8.26. The number of benzene rings is 3. The quantitative estimate of drug-likeness (QED) is 0.179. The third-order valence-electron chi connectivity index (χ3n) is 5.41. The van der Waals surface area contributed by atoms with E-state index < -0.39 is 6.10 Å². The number of hydrogen-bond acceptors (Lipinski definition) is 6. The van der Waals surface area contributed by atoms with Gasteiger partial charge in [0.1, 0.15) is 11.5 Å². The van der Waals surface area contributed by atoms with Crippen LogP contribution in [0.15, 0.2) is 78.9 Å². The van der Waals surface area contributed by atoms with Crippen LogP contribution in [-0.2, 0) is 20.7 Å². The molecule has 1 unspecified atom stereocenters. The highest BCUT2D eigenvalue weighted by Gasteiger charge is 2.19. The van der Waals surface area contributed by atoms with E-state index in [1.165, 1.54) is 7.11 Å². The van der Waals surface area contributed by atoms with Crippen LogP contribution in [0.1, 0.15) is 41.3 Å².